The molecular weight excluding hydrogens is 303 g/mol. The first-order valence-corrected chi connectivity index (χ1v) is 8.51. The average molecular weight is 329 g/mol. The Labute approximate surface area is 136 Å². The van der Waals surface area contributed by atoms with Crippen molar-refractivity contribution in [2.75, 3.05) is 13.1 Å². The molecule has 23 heavy (non-hydrogen) atoms. The van der Waals surface area contributed by atoms with E-state index in [1.54, 1.807) is 6.07 Å². The molecule has 0 bridgehead atoms. The molecule has 0 spiro atoms. The molecule has 1 aliphatic carbocycles. The van der Waals surface area contributed by atoms with Crippen LogP contribution in [0.2, 0.25) is 0 Å². The van der Waals surface area contributed by atoms with Gasteiger partial charge >= 0.3 is 6.36 Å². The van der Waals surface area contributed by atoms with Crippen LogP contribution in [0.15, 0.2) is 24.3 Å². The molecule has 2 nitrogen and oxygen atoms in total. The van der Waals surface area contributed by atoms with Crippen LogP contribution in [-0.2, 0) is 6.42 Å². The van der Waals surface area contributed by atoms with Gasteiger partial charge in [0.15, 0.2) is 0 Å². The summed E-state index contributed by atoms with van der Waals surface area (Å²) in [5.41, 5.74) is 0.856. The number of benzene rings is 1. The lowest BCUT2D eigenvalue weighted by atomic mass is 9.81. The summed E-state index contributed by atoms with van der Waals surface area (Å²) < 4.78 is 40.6. The zero-order valence-corrected chi connectivity index (χ0v) is 13.7. The minimum atomic E-state index is -4.63. The van der Waals surface area contributed by atoms with Crippen molar-refractivity contribution in [3.63, 3.8) is 0 Å². The number of rotatable bonds is 7. The summed E-state index contributed by atoms with van der Waals surface area (Å²) in [5.74, 6) is 1.51. The van der Waals surface area contributed by atoms with Crippen LogP contribution in [0.1, 0.15) is 44.6 Å². The monoisotopic (exact) mass is 329 g/mol. The Balaban J connectivity index is 1.67. The number of ether oxygens (including phenoxy) is 1. The fraction of sp³-hybridized carbons (Fsp3) is 0.667. The lowest BCUT2D eigenvalue weighted by Crippen LogP contribution is -2.27. The van der Waals surface area contributed by atoms with Gasteiger partial charge in [0.2, 0.25) is 0 Å². The molecule has 130 valence electrons. The van der Waals surface area contributed by atoms with Crippen molar-refractivity contribution in [1.82, 2.24) is 5.32 Å². The van der Waals surface area contributed by atoms with Gasteiger partial charge in [-0.05, 0) is 61.9 Å². The van der Waals surface area contributed by atoms with E-state index in [-0.39, 0.29) is 5.75 Å². The molecule has 2 rings (SSSR count). The Bertz CT molecular complexity index is 468. The van der Waals surface area contributed by atoms with Crippen molar-refractivity contribution in [2.24, 2.45) is 11.8 Å². The lowest BCUT2D eigenvalue weighted by molar-refractivity contribution is -0.274. The fourth-order valence-electron chi connectivity index (χ4n) is 3.28. The van der Waals surface area contributed by atoms with Crippen molar-refractivity contribution in [3.05, 3.63) is 29.8 Å². The zero-order chi connectivity index (χ0) is 16.7. The molecule has 0 atom stereocenters. The molecule has 0 radical (unpaired) electrons. The van der Waals surface area contributed by atoms with E-state index in [0.717, 1.165) is 30.5 Å². The molecule has 0 aromatic heterocycles. The van der Waals surface area contributed by atoms with Crippen LogP contribution in [0.25, 0.3) is 0 Å². The Morgan fingerprint density at radius 2 is 1.83 bits per heavy atom. The molecule has 0 saturated heterocycles. The number of hydrogen-bond donors (Lipinski definition) is 1. The second kappa shape index (κ2) is 8.57. The molecule has 1 saturated carbocycles. The lowest BCUT2D eigenvalue weighted by Gasteiger charge is -2.27. The highest BCUT2D eigenvalue weighted by Crippen LogP contribution is 2.30. The largest absolute Gasteiger partial charge is 0.573 e. The summed E-state index contributed by atoms with van der Waals surface area (Å²) in [6.07, 6.45) is 2.62. The Hall–Kier alpha value is -1.23. The highest BCUT2D eigenvalue weighted by Gasteiger charge is 2.31. The van der Waals surface area contributed by atoms with Gasteiger partial charge in [0.05, 0.1) is 0 Å². The predicted octanol–water partition coefficient (Wildman–Crippen LogP) is 4.93. The quantitative estimate of drug-likeness (QED) is 0.716. The zero-order valence-electron chi connectivity index (χ0n) is 13.7. The van der Waals surface area contributed by atoms with E-state index in [9.17, 15) is 13.2 Å². The highest BCUT2D eigenvalue weighted by molar-refractivity contribution is 5.28. The molecular formula is C18H26F3NO. The van der Waals surface area contributed by atoms with E-state index in [2.05, 4.69) is 17.0 Å². The van der Waals surface area contributed by atoms with Gasteiger partial charge in [-0.25, -0.2) is 0 Å². The maximum atomic E-state index is 12.2. The van der Waals surface area contributed by atoms with E-state index in [0.29, 0.717) is 6.42 Å². The summed E-state index contributed by atoms with van der Waals surface area (Å²) in [5, 5.41) is 3.44. The van der Waals surface area contributed by atoms with Crippen molar-refractivity contribution < 1.29 is 17.9 Å². The van der Waals surface area contributed by atoms with Gasteiger partial charge in [0.1, 0.15) is 5.75 Å². The van der Waals surface area contributed by atoms with Gasteiger partial charge in [0.25, 0.3) is 0 Å². The second-order valence-electron chi connectivity index (χ2n) is 6.44. The molecule has 5 heteroatoms. The van der Waals surface area contributed by atoms with Crippen molar-refractivity contribution in [2.45, 2.75) is 51.8 Å². The minimum absolute atomic E-state index is 0.145. The molecule has 1 N–H and O–H groups in total. The molecule has 1 fully saturated rings. The number of nitrogens with one attached hydrogen (secondary N) is 1. The molecule has 0 heterocycles. The molecule has 0 unspecified atom stereocenters. The Morgan fingerprint density at radius 1 is 1.13 bits per heavy atom. The van der Waals surface area contributed by atoms with Crippen LogP contribution in [0.5, 0.6) is 5.75 Å². The third kappa shape index (κ3) is 6.81. The molecule has 1 aliphatic rings. The molecule has 1 aromatic carbocycles. The van der Waals surface area contributed by atoms with Crippen molar-refractivity contribution in [3.8, 4) is 5.75 Å². The van der Waals surface area contributed by atoms with Gasteiger partial charge in [0, 0.05) is 0 Å². The third-order valence-corrected chi connectivity index (χ3v) is 4.70. The standard InChI is InChI=1S/C18H26F3NO/c1-2-14-6-8-16(9-7-14)13-22-11-10-15-4-3-5-17(12-15)23-18(19,20)21/h3-5,12,14,16,22H,2,6-11,13H2,1H3. The van der Waals surface area contributed by atoms with E-state index in [1.165, 1.54) is 44.2 Å². The number of hydrogen-bond acceptors (Lipinski definition) is 2. The Morgan fingerprint density at radius 3 is 2.48 bits per heavy atom. The normalized spacial score (nSPS) is 22.1. The maximum Gasteiger partial charge on any atom is 0.573 e. The average Bonchev–Trinajstić information content (AvgIpc) is 2.51. The van der Waals surface area contributed by atoms with Crippen LogP contribution in [0.4, 0.5) is 13.2 Å². The van der Waals surface area contributed by atoms with E-state index < -0.39 is 6.36 Å². The summed E-state index contributed by atoms with van der Waals surface area (Å²) >= 11 is 0. The summed E-state index contributed by atoms with van der Waals surface area (Å²) in [6.45, 7) is 4.05. The number of halogens is 3. The smallest absolute Gasteiger partial charge is 0.406 e. The van der Waals surface area contributed by atoms with E-state index in [1.807, 2.05) is 6.07 Å². The summed E-state index contributed by atoms with van der Waals surface area (Å²) in [7, 11) is 0. The molecule has 0 aliphatic heterocycles. The van der Waals surface area contributed by atoms with E-state index in [4.69, 9.17) is 0 Å². The minimum Gasteiger partial charge on any atom is -0.406 e. The molecule has 1 aromatic rings. The van der Waals surface area contributed by atoms with Gasteiger partial charge < -0.3 is 10.1 Å². The first-order valence-electron chi connectivity index (χ1n) is 8.51. The van der Waals surface area contributed by atoms with Gasteiger partial charge in [-0.2, -0.15) is 0 Å². The highest BCUT2D eigenvalue weighted by atomic mass is 19.4. The van der Waals surface area contributed by atoms with Crippen molar-refractivity contribution in [1.29, 1.82) is 0 Å². The fourth-order valence-corrected chi connectivity index (χ4v) is 3.28. The van der Waals surface area contributed by atoms with E-state index >= 15 is 0 Å². The van der Waals surface area contributed by atoms with Gasteiger partial charge in [-0.15, -0.1) is 13.2 Å². The van der Waals surface area contributed by atoms with Crippen LogP contribution in [0, 0.1) is 11.8 Å². The second-order valence-corrected chi connectivity index (χ2v) is 6.44. The van der Waals surface area contributed by atoms with Crippen LogP contribution >= 0.6 is 0 Å². The van der Waals surface area contributed by atoms with Gasteiger partial charge in [-0.1, -0.05) is 38.3 Å². The maximum absolute atomic E-state index is 12.2. The predicted molar refractivity (Wildman–Crippen MR) is 85.4 cm³/mol. The van der Waals surface area contributed by atoms with Crippen LogP contribution < -0.4 is 10.1 Å². The summed E-state index contributed by atoms with van der Waals surface area (Å²) in [6, 6.07) is 6.22. The molecule has 0 amide bonds. The van der Waals surface area contributed by atoms with Gasteiger partial charge in [-0.3, -0.25) is 0 Å². The first-order chi connectivity index (χ1) is 11.0. The first kappa shape index (κ1) is 18.1. The summed E-state index contributed by atoms with van der Waals surface area (Å²) in [4.78, 5) is 0. The topological polar surface area (TPSA) is 21.3 Å². The SMILES string of the molecule is CCC1CCC(CNCCc2cccc(OC(F)(F)F)c2)CC1. The van der Waals surface area contributed by atoms with Crippen molar-refractivity contribution >= 4 is 0 Å². The number of alkyl halides is 3. The Kier molecular flexibility index (Phi) is 6.75. The van der Waals surface area contributed by atoms with Crippen LogP contribution in [-0.4, -0.2) is 19.5 Å². The van der Waals surface area contributed by atoms with Crippen LogP contribution in [0.3, 0.4) is 0 Å². The third-order valence-electron chi connectivity index (χ3n) is 4.70.